The van der Waals surface area contributed by atoms with Gasteiger partial charge in [-0.05, 0) is 48.7 Å². The van der Waals surface area contributed by atoms with Gasteiger partial charge in [-0.25, -0.2) is 0 Å². The maximum Gasteiger partial charge on any atom is 0.255 e. The number of halogens is 2. The van der Waals surface area contributed by atoms with Crippen molar-refractivity contribution in [3.8, 4) is 22.8 Å². The number of benzene rings is 2. The molecular weight excluding hydrogens is 413 g/mol. The van der Waals surface area contributed by atoms with Crippen molar-refractivity contribution in [3.05, 3.63) is 57.7 Å². The lowest BCUT2D eigenvalue weighted by atomic mass is 10.0. The second kappa shape index (κ2) is 7.97. The van der Waals surface area contributed by atoms with Crippen LogP contribution >= 0.6 is 23.2 Å². The molecular formula is C21H19Cl2N3O3. The molecule has 0 saturated heterocycles. The summed E-state index contributed by atoms with van der Waals surface area (Å²) in [5, 5.41) is 11.2. The van der Waals surface area contributed by atoms with Crippen molar-refractivity contribution < 1.29 is 14.3 Å². The van der Waals surface area contributed by atoms with Crippen molar-refractivity contribution in [2.24, 2.45) is 5.92 Å². The van der Waals surface area contributed by atoms with E-state index in [1.165, 1.54) is 0 Å². The third-order valence-electron chi connectivity index (χ3n) is 4.52. The van der Waals surface area contributed by atoms with E-state index in [9.17, 15) is 4.79 Å². The number of nitrogens with zero attached hydrogens (tertiary/aromatic N) is 1. The normalized spacial score (nSPS) is 12.4. The summed E-state index contributed by atoms with van der Waals surface area (Å²) in [4.78, 5) is 12.9. The summed E-state index contributed by atoms with van der Waals surface area (Å²) >= 11 is 12.0. The molecule has 3 aromatic rings. The number of hydrogen-bond acceptors (Lipinski definition) is 4. The number of carbonyl (C=O) groups is 1. The van der Waals surface area contributed by atoms with Crippen LogP contribution in [0.1, 0.15) is 29.9 Å². The average molecular weight is 432 g/mol. The van der Waals surface area contributed by atoms with Gasteiger partial charge in [-0.1, -0.05) is 37.0 Å². The Morgan fingerprint density at radius 1 is 1.14 bits per heavy atom. The molecule has 2 aromatic carbocycles. The molecule has 2 N–H and O–H groups in total. The molecule has 4 rings (SSSR count). The molecule has 2 heterocycles. The number of fused-ring (bicyclic) bond motifs is 1. The van der Waals surface area contributed by atoms with Gasteiger partial charge in [-0.3, -0.25) is 9.89 Å². The molecule has 29 heavy (non-hydrogen) atoms. The molecule has 0 unspecified atom stereocenters. The Labute approximate surface area is 178 Å². The van der Waals surface area contributed by atoms with Crippen LogP contribution in [0.25, 0.3) is 11.3 Å². The molecule has 1 aliphatic heterocycles. The summed E-state index contributed by atoms with van der Waals surface area (Å²) in [7, 11) is 0. The van der Waals surface area contributed by atoms with Crippen LogP contribution in [0.3, 0.4) is 0 Å². The third-order valence-corrected chi connectivity index (χ3v) is 5.26. The first-order valence-electron chi connectivity index (χ1n) is 9.16. The van der Waals surface area contributed by atoms with Gasteiger partial charge in [0.1, 0.15) is 5.69 Å². The highest BCUT2D eigenvalue weighted by molar-refractivity contribution is 6.42. The van der Waals surface area contributed by atoms with Gasteiger partial charge < -0.3 is 14.8 Å². The molecule has 150 valence electrons. The second-order valence-electron chi connectivity index (χ2n) is 7.17. The fourth-order valence-electron chi connectivity index (χ4n) is 3.14. The van der Waals surface area contributed by atoms with Gasteiger partial charge in [0, 0.05) is 11.1 Å². The summed E-state index contributed by atoms with van der Waals surface area (Å²) in [6.45, 7) is 4.40. The van der Waals surface area contributed by atoms with Crippen molar-refractivity contribution in [3.63, 3.8) is 0 Å². The fraction of sp³-hybridized carbons (Fsp3) is 0.238. The summed E-state index contributed by atoms with van der Waals surface area (Å²) in [5.41, 5.74) is 3.33. The predicted molar refractivity (Wildman–Crippen MR) is 113 cm³/mol. The van der Waals surface area contributed by atoms with Crippen LogP contribution in [0.15, 0.2) is 36.4 Å². The van der Waals surface area contributed by atoms with Gasteiger partial charge in [0.15, 0.2) is 11.5 Å². The van der Waals surface area contributed by atoms with Crippen LogP contribution in [0.5, 0.6) is 11.5 Å². The Bertz CT molecular complexity index is 1080. The number of aromatic nitrogens is 2. The Kier molecular flexibility index (Phi) is 5.39. The monoisotopic (exact) mass is 431 g/mol. The van der Waals surface area contributed by atoms with Gasteiger partial charge in [0.2, 0.25) is 6.79 Å². The van der Waals surface area contributed by atoms with Crippen LogP contribution in [-0.4, -0.2) is 22.9 Å². The maximum absolute atomic E-state index is 12.9. The summed E-state index contributed by atoms with van der Waals surface area (Å²) < 4.78 is 10.8. The molecule has 0 spiro atoms. The zero-order valence-electron chi connectivity index (χ0n) is 15.9. The third kappa shape index (κ3) is 4.04. The molecule has 8 heteroatoms. The minimum atomic E-state index is -0.294. The summed E-state index contributed by atoms with van der Waals surface area (Å²) in [6.07, 6.45) is 0.731. The molecule has 0 saturated carbocycles. The lowest BCUT2D eigenvalue weighted by molar-refractivity contribution is 0.102. The number of ether oxygens (including phenoxy) is 2. The standard InChI is InChI=1S/C21H19Cl2N3O3/c1-11(2)7-16-20(24-21(27)13-3-5-14(22)15(23)8-13)19(26-25-16)12-4-6-17-18(9-12)29-10-28-17/h3-6,8-9,11H,7,10H2,1-2H3,(H,24,27)(H,25,26). The van der Waals surface area contributed by atoms with E-state index in [1.54, 1.807) is 18.2 Å². The molecule has 1 amide bonds. The van der Waals surface area contributed by atoms with Gasteiger partial charge >= 0.3 is 0 Å². The Balaban J connectivity index is 1.71. The molecule has 6 nitrogen and oxygen atoms in total. The van der Waals surface area contributed by atoms with Crippen LogP contribution in [-0.2, 0) is 6.42 Å². The topological polar surface area (TPSA) is 76.2 Å². The molecule has 0 bridgehead atoms. The van der Waals surface area contributed by atoms with E-state index in [2.05, 4.69) is 29.4 Å². The van der Waals surface area contributed by atoms with Crippen molar-refractivity contribution in [2.45, 2.75) is 20.3 Å². The highest BCUT2D eigenvalue weighted by Gasteiger charge is 2.21. The van der Waals surface area contributed by atoms with E-state index in [4.69, 9.17) is 32.7 Å². The van der Waals surface area contributed by atoms with Crippen LogP contribution < -0.4 is 14.8 Å². The fourth-order valence-corrected chi connectivity index (χ4v) is 3.44. The Morgan fingerprint density at radius 2 is 1.93 bits per heavy atom. The zero-order valence-corrected chi connectivity index (χ0v) is 17.4. The minimum Gasteiger partial charge on any atom is -0.454 e. The van der Waals surface area contributed by atoms with Gasteiger partial charge in [-0.2, -0.15) is 5.10 Å². The van der Waals surface area contributed by atoms with Crippen molar-refractivity contribution in [1.29, 1.82) is 0 Å². The number of nitrogens with one attached hydrogen (secondary N) is 2. The van der Waals surface area contributed by atoms with E-state index in [0.29, 0.717) is 44.4 Å². The molecule has 0 aliphatic carbocycles. The highest BCUT2D eigenvalue weighted by atomic mass is 35.5. The van der Waals surface area contributed by atoms with Gasteiger partial charge in [0.25, 0.3) is 5.91 Å². The zero-order chi connectivity index (χ0) is 20.5. The lowest BCUT2D eigenvalue weighted by Crippen LogP contribution is -2.14. The van der Waals surface area contributed by atoms with Crippen molar-refractivity contribution >= 4 is 34.8 Å². The summed E-state index contributed by atoms with van der Waals surface area (Å²) in [5.74, 6) is 1.42. The van der Waals surface area contributed by atoms with E-state index >= 15 is 0 Å². The van der Waals surface area contributed by atoms with Crippen LogP contribution in [0.4, 0.5) is 5.69 Å². The molecule has 0 atom stereocenters. The Morgan fingerprint density at radius 3 is 2.69 bits per heavy atom. The minimum absolute atomic E-state index is 0.193. The number of hydrogen-bond donors (Lipinski definition) is 2. The maximum atomic E-state index is 12.9. The average Bonchev–Trinajstić information content (AvgIpc) is 3.30. The predicted octanol–water partition coefficient (Wildman–Crippen LogP) is 5.56. The first-order valence-corrected chi connectivity index (χ1v) is 9.91. The van der Waals surface area contributed by atoms with E-state index in [0.717, 1.165) is 17.7 Å². The van der Waals surface area contributed by atoms with E-state index in [1.807, 2.05) is 18.2 Å². The first kappa shape index (κ1) is 19.6. The number of H-pyrrole nitrogens is 1. The van der Waals surface area contributed by atoms with Gasteiger partial charge in [0.05, 0.1) is 21.4 Å². The van der Waals surface area contributed by atoms with Crippen LogP contribution in [0.2, 0.25) is 10.0 Å². The highest BCUT2D eigenvalue weighted by Crippen LogP contribution is 2.38. The second-order valence-corrected chi connectivity index (χ2v) is 7.99. The molecule has 0 fully saturated rings. The lowest BCUT2D eigenvalue weighted by Gasteiger charge is -2.11. The first-order chi connectivity index (χ1) is 13.9. The molecule has 0 radical (unpaired) electrons. The smallest absolute Gasteiger partial charge is 0.255 e. The largest absolute Gasteiger partial charge is 0.454 e. The number of aromatic amines is 1. The number of carbonyl (C=O) groups excluding carboxylic acids is 1. The van der Waals surface area contributed by atoms with Crippen molar-refractivity contribution in [1.82, 2.24) is 10.2 Å². The van der Waals surface area contributed by atoms with Crippen molar-refractivity contribution in [2.75, 3.05) is 12.1 Å². The quantitative estimate of drug-likeness (QED) is 0.553. The van der Waals surface area contributed by atoms with Crippen LogP contribution in [0, 0.1) is 5.92 Å². The SMILES string of the molecule is CC(C)Cc1[nH]nc(-c2ccc3c(c2)OCO3)c1NC(=O)c1ccc(Cl)c(Cl)c1. The Hall–Kier alpha value is -2.70. The molecule has 1 aromatic heterocycles. The van der Waals surface area contributed by atoms with E-state index < -0.39 is 0 Å². The van der Waals surface area contributed by atoms with Gasteiger partial charge in [-0.15, -0.1) is 0 Å². The number of anilines is 1. The number of amides is 1. The summed E-state index contributed by atoms with van der Waals surface area (Å²) in [6, 6.07) is 10.3. The number of rotatable bonds is 5. The van der Waals surface area contributed by atoms with E-state index in [-0.39, 0.29) is 12.7 Å². The molecule has 1 aliphatic rings.